The maximum atomic E-state index is 9.25. The molecule has 324 valence electrons. The number of hydrogen-bond donors (Lipinski definition) is 3. The van der Waals surface area contributed by atoms with Crippen LogP contribution < -0.4 is 0 Å². The van der Waals surface area contributed by atoms with Crippen LogP contribution in [-0.2, 0) is 75.8 Å². The summed E-state index contributed by atoms with van der Waals surface area (Å²) in [4.78, 5) is 9.25. The maximum absolute atomic E-state index is 9.25. The molecule has 0 atom stereocenters. The van der Waals surface area contributed by atoms with Crippen molar-refractivity contribution in [3.63, 3.8) is 0 Å². The Morgan fingerprint density at radius 3 is 0.463 bits per heavy atom. The molecule has 3 N–H and O–H groups in total. The lowest BCUT2D eigenvalue weighted by Crippen LogP contribution is -2.15. The minimum absolute atomic E-state index is 0.0218. The van der Waals surface area contributed by atoms with Gasteiger partial charge < -0.3 is 86.4 Å². The quantitative estimate of drug-likeness (QED) is 0.0522. The van der Waals surface area contributed by atoms with E-state index in [1.165, 1.54) is 0 Å². The first-order chi connectivity index (χ1) is 26.7. The Morgan fingerprint density at radius 2 is 0.389 bits per heavy atom. The summed E-state index contributed by atoms with van der Waals surface area (Å²) < 4.78 is 80.8. The number of aliphatic hydroxyl groups is 2. The predicted octanol–water partition coefficient (Wildman–Crippen LogP) is -0.523. The first-order valence-corrected chi connectivity index (χ1v) is 18.4. The van der Waals surface area contributed by atoms with E-state index in [-0.39, 0.29) is 13.2 Å². The number of aliphatic hydroxyl groups excluding tert-OH is 2. The van der Waals surface area contributed by atoms with Crippen LogP contribution in [0.4, 0.5) is 0 Å². The van der Waals surface area contributed by atoms with Crippen molar-refractivity contribution >= 4 is 5.97 Å². The topological polar surface area (TPSA) is 216 Å². The zero-order chi connectivity index (χ0) is 39.5. The van der Waals surface area contributed by atoms with Crippen LogP contribution in [0, 0.1) is 0 Å². The lowest BCUT2D eigenvalue weighted by molar-refractivity contribution is -0.131. The number of carbonyl (C=O) groups is 1. The molecule has 0 aromatic heterocycles. The summed E-state index contributed by atoms with van der Waals surface area (Å²) in [7, 11) is 0. The fraction of sp³-hybridized carbons (Fsp3) is 0.914. The van der Waals surface area contributed by atoms with Gasteiger partial charge >= 0.3 is 5.97 Å². The van der Waals surface area contributed by atoms with Gasteiger partial charge in [0.25, 0.3) is 0 Å². The van der Waals surface area contributed by atoms with Crippen molar-refractivity contribution in [3.8, 4) is 0 Å². The van der Waals surface area contributed by atoms with E-state index < -0.39 is 5.97 Å². The Hall–Kier alpha value is -1.47. The lowest BCUT2D eigenvalue weighted by Gasteiger charge is -2.09. The Bertz CT molecular complexity index is 649. The highest BCUT2D eigenvalue weighted by Gasteiger charge is 1.97. The van der Waals surface area contributed by atoms with Gasteiger partial charge in [0.15, 0.2) is 0 Å². The molecule has 0 amide bonds. The molecule has 0 heterocycles. The number of carboxylic acids is 1. The molecule has 0 aromatic rings. The number of aliphatic carboxylic acids is 1. The standard InChI is InChI=1S/C32H66O17.C3H4O2/c33-1-3-35-5-7-37-9-11-39-13-15-41-17-19-43-21-23-45-25-27-47-29-31-49-32-30-48-28-26-46-24-22-44-20-18-42-16-14-40-12-10-38-8-6-36-4-2-34;1-2-3(4)5/h33-34H,1-32H2;2H,1H2,(H,4,5). The van der Waals surface area contributed by atoms with Crippen LogP contribution in [0.15, 0.2) is 12.7 Å². The van der Waals surface area contributed by atoms with E-state index in [2.05, 4.69) is 6.58 Å². The molecule has 19 nitrogen and oxygen atoms in total. The SMILES string of the molecule is C=CC(=O)O.OCCOCCOCCOCCOCCOCCOCCOCCOCCOCCOCCOCCOCCOCCOCCOCCO. The van der Waals surface area contributed by atoms with Gasteiger partial charge in [0.2, 0.25) is 0 Å². The van der Waals surface area contributed by atoms with Crippen LogP contribution in [0.3, 0.4) is 0 Å². The molecule has 0 radical (unpaired) electrons. The Labute approximate surface area is 321 Å². The molecular formula is C35H70O19. The Morgan fingerprint density at radius 1 is 0.296 bits per heavy atom. The summed E-state index contributed by atoms with van der Waals surface area (Å²) in [6.07, 6.45) is 0.833. The normalized spacial score (nSPS) is 11.1. The van der Waals surface area contributed by atoms with Gasteiger partial charge in [0, 0.05) is 6.08 Å². The molecule has 0 saturated carbocycles. The third-order valence-corrected chi connectivity index (χ3v) is 5.85. The molecule has 0 aliphatic rings. The van der Waals surface area contributed by atoms with E-state index in [1.54, 1.807) is 0 Å². The van der Waals surface area contributed by atoms with Gasteiger partial charge in [-0.05, 0) is 0 Å². The average molecular weight is 795 g/mol. The molecule has 19 heteroatoms. The lowest BCUT2D eigenvalue weighted by atomic mass is 10.6. The Kier molecular flexibility index (Phi) is 54.3. The summed E-state index contributed by atoms with van der Waals surface area (Å²) in [5.41, 5.74) is 0. The second-order valence-electron chi connectivity index (χ2n) is 10.2. The number of hydrogen-bond acceptors (Lipinski definition) is 18. The highest BCUT2D eigenvalue weighted by Crippen LogP contribution is 1.88. The third-order valence-electron chi connectivity index (χ3n) is 5.85. The van der Waals surface area contributed by atoms with E-state index >= 15 is 0 Å². The van der Waals surface area contributed by atoms with Crippen LogP contribution in [0.25, 0.3) is 0 Å². The van der Waals surface area contributed by atoms with Crippen LogP contribution in [0.1, 0.15) is 0 Å². The third kappa shape index (κ3) is 57.3. The van der Waals surface area contributed by atoms with Gasteiger partial charge in [-0.2, -0.15) is 0 Å². The molecule has 0 bridgehead atoms. The summed E-state index contributed by atoms with van der Waals surface area (Å²) >= 11 is 0. The largest absolute Gasteiger partial charge is 0.478 e. The van der Waals surface area contributed by atoms with E-state index in [4.69, 9.17) is 86.4 Å². The van der Waals surface area contributed by atoms with Gasteiger partial charge in [-0.15, -0.1) is 0 Å². The van der Waals surface area contributed by atoms with Crippen molar-refractivity contribution in [3.05, 3.63) is 12.7 Å². The monoisotopic (exact) mass is 794 g/mol. The molecule has 54 heavy (non-hydrogen) atoms. The number of ether oxygens (including phenoxy) is 15. The van der Waals surface area contributed by atoms with E-state index in [9.17, 15) is 4.79 Å². The average Bonchev–Trinajstić information content (AvgIpc) is 3.18. The first-order valence-electron chi connectivity index (χ1n) is 18.4. The van der Waals surface area contributed by atoms with Crippen molar-refractivity contribution in [2.24, 2.45) is 0 Å². The zero-order valence-corrected chi connectivity index (χ0v) is 32.3. The van der Waals surface area contributed by atoms with Gasteiger partial charge in [-0.1, -0.05) is 6.58 Å². The maximum Gasteiger partial charge on any atom is 0.327 e. The van der Waals surface area contributed by atoms with Crippen molar-refractivity contribution in [1.29, 1.82) is 0 Å². The summed E-state index contributed by atoms with van der Waals surface area (Å²) in [6.45, 7) is 17.5. The minimum Gasteiger partial charge on any atom is -0.478 e. The second-order valence-corrected chi connectivity index (χ2v) is 10.2. The van der Waals surface area contributed by atoms with Crippen molar-refractivity contribution < 1.29 is 91.2 Å². The van der Waals surface area contributed by atoms with Gasteiger partial charge in [0.1, 0.15) is 0 Å². The van der Waals surface area contributed by atoms with Crippen molar-refractivity contribution in [2.45, 2.75) is 0 Å². The van der Waals surface area contributed by atoms with Crippen LogP contribution in [0.2, 0.25) is 0 Å². The molecule has 0 saturated heterocycles. The van der Waals surface area contributed by atoms with Gasteiger partial charge in [-0.3, -0.25) is 0 Å². The summed E-state index contributed by atoms with van der Waals surface area (Å²) in [5, 5.41) is 24.8. The highest BCUT2D eigenvalue weighted by molar-refractivity contribution is 5.78. The smallest absolute Gasteiger partial charge is 0.327 e. The predicted molar refractivity (Wildman–Crippen MR) is 194 cm³/mol. The van der Waals surface area contributed by atoms with Gasteiger partial charge in [-0.25, -0.2) is 4.79 Å². The van der Waals surface area contributed by atoms with Gasteiger partial charge in [0.05, 0.1) is 211 Å². The molecule has 0 aliphatic carbocycles. The van der Waals surface area contributed by atoms with Crippen LogP contribution in [-0.4, -0.2) is 233 Å². The number of rotatable bonds is 47. The van der Waals surface area contributed by atoms with Crippen molar-refractivity contribution in [2.75, 3.05) is 211 Å². The first kappa shape index (κ1) is 54.6. The zero-order valence-electron chi connectivity index (χ0n) is 32.3. The van der Waals surface area contributed by atoms with E-state index in [1.807, 2.05) is 0 Å². The summed E-state index contributed by atoms with van der Waals surface area (Å²) in [5.74, 6) is -0.981. The molecule has 0 aliphatic heterocycles. The van der Waals surface area contributed by atoms with Crippen molar-refractivity contribution in [1.82, 2.24) is 0 Å². The summed E-state index contributed by atoms with van der Waals surface area (Å²) in [6, 6.07) is 0. The fourth-order valence-electron chi connectivity index (χ4n) is 3.31. The molecule has 0 aromatic carbocycles. The van der Waals surface area contributed by atoms with E-state index in [0.29, 0.717) is 198 Å². The molecule has 0 spiro atoms. The second kappa shape index (κ2) is 53.6. The van der Waals surface area contributed by atoms with Crippen LogP contribution in [0.5, 0.6) is 0 Å². The molecule has 0 fully saturated rings. The number of carboxylic acid groups (broad SMARTS) is 1. The highest BCUT2D eigenvalue weighted by atomic mass is 16.6. The van der Waals surface area contributed by atoms with E-state index in [0.717, 1.165) is 6.08 Å². The molecule has 0 unspecified atom stereocenters. The Balaban J connectivity index is 0. The molecule has 0 rings (SSSR count). The molecular weight excluding hydrogens is 724 g/mol. The minimum atomic E-state index is -0.981. The van der Waals surface area contributed by atoms with Crippen LogP contribution >= 0.6 is 0 Å². The fourth-order valence-corrected chi connectivity index (χ4v) is 3.31.